The first-order chi connectivity index (χ1) is 5.93. The average Bonchev–Trinajstić information content (AvgIpc) is 2.11. The maximum atomic E-state index is 11.5. The van der Waals surface area contributed by atoms with Gasteiger partial charge in [-0.05, 0) is 13.3 Å². The average molecular weight is 184 g/mol. The van der Waals surface area contributed by atoms with Gasteiger partial charge in [0.15, 0.2) is 0 Å². The molecule has 1 heterocycles. The van der Waals surface area contributed by atoms with Gasteiger partial charge in [-0.2, -0.15) is 0 Å². The number of nitrogens with one attached hydrogen (secondary N) is 1. The van der Waals surface area contributed by atoms with Crippen molar-refractivity contribution in [3.63, 3.8) is 0 Å². The first kappa shape index (κ1) is 9.70. The van der Waals surface area contributed by atoms with Crippen molar-refractivity contribution < 1.29 is 14.4 Å². The Labute approximate surface area is 76.1 Å². The van der Waals surface area contributed by atoms with Crippen LogP contribution < -0.4 is 5.32 Å². The largest absolute Gasteiger partial charge is 0.330 e. The molecular weight excluding hydrogens is 172 g/mol. The molecule has 1 fully saturated rings. The summed E-state index contributed by atoms with van der Waals surface area (Å²) in [6.07, 6.45) is 0.384. The standard InChI is InChI=1S/C8H12N2O3/c1-4-8(2)5(11)9-7(13)10(3)6(8)12/h4H2,1-3H3,(H,9,11,13). The summed E-state index contributed by atoms with van der Waals surface area (Å²) >= 11 is 0. The second-order valence-corrected chi connectivity index (χ2v) is 3.31. The third-order valence-corrected chi connectivity index (χ3v) is 2.51. The van der Waals surface area contributed by atoms with Crippen LogP contribution in [0.5, 0.6) is 0 Å². The van der Waals surface area contributed by atoms with Crippen LogP contribution in [0.1, 0.15) is 20.3 Å². The molecule has 0 aromatic rings. The lowest BCUT2D eigenvalue weighted by molar-refractivity contribution is -0.149. The molecule has 1 N–H and O–H groups in total. The molecule has 1 atom stereocenters. The zero-order valence-corrected chi connectivity index (χ0v) is 7.88. The van der Waals surface area contributed by atoms with Crippen LogP contribution in [0.25, 0.3) is 0 Å². The third kappa shape index (κ3) is 1.20. The van der Waals surface area contributed by atoms with Crippen molar-refractivity contribution in [1.29, 1.82) is 0 Å². The van der Waals surface area contributed by atoms with Crippen molar-refractivity contribution in [2.24, 2.45) is 5.41 Å². The molecule has 0 radical (unpaired) electrons. The van der Waals surface area contributed by atoms with Crippen LogP contribution in [-0.4, -0.2) is 29.8 Å². The van der Waals surface area contributed by atoms with Gasteiger partial charge < -0.3 is 0 Å². The highest BCUT2D eigenvalue weighted by molar-refractivity contribution is 6.18. The lowest BCUT2D eigenvalue weighted by atomic mass is 9.83. The number of amides is 4. The summed E-state index contributed by atoms with van der Waals surface area (Å²) < 4.78 is 0. The van der Waals surface area contributed by atoms with E-state index in [0.717, 1.165) is 4.90 Å². The highest BCUT2D eigenvalue weighted by atomic mass is 16.2. The molecule has 0 aromatic heterocycles. The number of imide groups is 2. The maximum absolute atomic E-state index is 11.5. The highest BCUT2D eigenvalue weighted by Crippen LogP contribution is 2.26. The van der Waals surface area contributed by atoms with Crippen LogP contribution in [0.2, 0.25) is 0 Å². The van der Waals surface area contributed by atoms with Gasteiger partial charge in [-0.15, -0.1) is 0 Å². The number of rotatable bonds is 1. The lowest BCUT2D eigenvalue weighted by Crippen LogP contribution is -2.61. The predicted molar refractivity (Wildman–Crippen MR) is 44.7 cm³/mol. The molecule has 1 rings (SSSR count). The fourth-order valence-electron chi connectivity index (χ4n) is 1.19. The Morgan fingerprint density at radius 2 is 1.92 bits per heavy atom. The molecular formula is C8H12N2O3. The minimum Gasteiger partial charge on any atom is -0.277 e. The van der Waals surface area contributed by atoms with Crippen LogP contribution in [-0.2, 0) is 9.59 Å². The number of carbonyl (C=O) groups excluding carboxylic acids is 3. The van der Waals surface area contributed by atoms with Gasteiger partial charge in [-0.3, -0.25) is 19.8 Å². The fourth-order valence-corrected chi connectivity index (χ4v) is 1.19. The molecule has 1 unspecified atom stereocenters. The van der Waals surface area contributed by atoms with E-state index in [-0.39, 0.29) is 0 Å². The second kappa shape index (κ2) is 2.83. The first-order valence-electron chi connectivity index (χ1n) is 4.07. The van der Waals surface area contributed by atoms with Crippen molar-refractivity contribution in [3.8, 4) is 0 Å². The van der Waals surface area contributed by atoms with Crippen LogP contribution in [0.4, 0.5) is 4.79 Å². The summed E-state index contributed by atoms with van der Waals surface area (Å²) in [5.74, 6) is -0.952. The molecule has 13 heavy (non-hydrogen) atoms. The predicted octanol–water partition coefficient (Wildman–Crippen LogP) is 0.111. The molecule has 0 aromatic carbocycles. The molecule has 1 saturated heterocycles. The van der Waals surface area contributed by atoms with Crippen molar-refractivity contribution in [2.45, 2.75) is 20.3 Å². The topological polar surface area (TPSA) is 66.5 Å². The van der Waals surface area contributed by atoms with Gasteiger partial charge in [-0.1, -0.05) is 6.92 Å². The number of carbonyl (C=O) groups is 3. The number of barbiturate groups is 1. The maximum Gasteiger partial charge on any atom is 0.330 e. The summed E-state index contributed by atoms with van der Waals surface area (Å²) in [6.45, 7) is 3.27. The van der Waals surface area contributed by atoms with Gasteiger partial charge >= 0.3 is 6.03 Å². The van der Waals surface area contributed by atoms with E-state index in [1.165, 1.54) is 14.0 Å². The van der Waals surface area contributed by atoms with Crippen LogP contribution in [0.15, 0.2) is 0 Å². The Morgan fingerprint density at radius 1 is 1.38 bits per heavy atom. The zero-order chi connectivity index (χ0) is 10.2. The quantitative estimate of drug-likeness (QED) is 0.588. The SMILES string of the molecule is CCC1(C)C(=O)NC(=O)N(C)C1=O. The summed E-state index contributed by atoms with van der Waals surface area (Å²) in [5.41, 5.74) is -1.09. The number of hydrogen-bond donors (Lipinski definition) is 1. The summed E-state index contributed by atoms with van der Waals surface area (Å²) in [5, 5.41) is 2.13. The van der Waals surface area contributed by atoms with Gasteiger partial charge in [-0.25, -0.2) is 4.79 Å². The van der Waals surface area contributed by atoms with Gasteiger partial charge in [0, 0.05) is 7.05 Å². The molecule has 0 spiro atoms. The van der Waals surface area contributed by atoms with E-state index in [2.05, 4.69) is 5.32 Å². The second-order valence-electron chi connectivity index (χ2n) is 3.31. The Bertz CT molecular complexity index is 287. The van der Waals surface area contributed by atoms with Crippen molar-refractivity contribution in [3.05, 3.63) is 0 Å². The molecule has 4 amide bonds. The van der Waals surface area contributed by atoms with Crippen LogP contribution in [0.3, 0.4) is 0 Å². The van der Waals surface area contributed by atoms with Gasteiger partial charge in [0.1, 0.15) is 5.41 Å². The van der Waals surface area contributed by atoms with E-state index < -0.39 is 23.3 Å². The van der Waals surface area contributed by atoms with E-state index in [9.17, 15) is 14.4 Å². The first-order valence-corrected chi connectivity index (χ1v) is 4.07. The smallest absolute Gasteiger partial charge is 0.277 e. The van der Waals surface area contributed by atoms with Gasteiger partial charge in [0.2, 0.25) is 11.8 Å². The van der Waals surface area contributed by atoms with Crippen molar-refractivity contribution in [2.75, 3.05) is 7.05 Å². The lowest BCUT2D eigenvalue weighted by Gasteiger charge is -2.34. The summed E-state index contributed by atoms with van der Waals surface area (Å²) in [4.78, 5) is 34.8. The van der Waals surface area contributed by atoms with Crippen molar-refractivity contribution >= 4 is 17.8 Å². The van der Waals surface area contributed by atoms with Gasteiger partial charge in [0.05, 0.1) is 0 Å². The fraction of sp³-hybridized carbons (Fsp3) is 0.625. The molecule has 5 heteroatoms. The molecule has 0 bridgehead atoms. The van der Waals surface area contributed by atoms with Crippen molar-refractivity contribution in [1.82, 2.24) is 10.2 Å². The van der Waals surface area contributed by atoms with E-state index in [4.69, 9.17) is 0 Å². The molecule has 0 aliphatic carbocycles. The van der Waals surface area contributed by atoms with E-state index in [1.54, 1.807) is 6.92 Å². The third-order valence-electron chi connectivity index (χ3n) is 2.51. The Hall–Kier alpha value is -1.39. The summed E-state index contributed by atoms with van der Waals surface area (Å²) in [7, 11) is 1.36. The number of nitrogens with zero attached hydrogens (tertiary/aromatic N) is 1. The Morgan fingerprint density at radius 3 is 2.38 bits per heavy atom. The van der Waals surface area contributed by atoms with E-state index in [0.29, 0.717) is 6.42 Å². The monoisotopic (exact) mass is 184 g/mol. The normalized spacial score (nSPS) is 29.2. The van der Waals surface area contributed by atoms with E-state index in [1.807, 2.05) is 0 Å². The number of urea groups is 1. The van der Waals surface area contributed by atoms with E-state index >= 15 is 0 Å². The zero-order valence-electron chi connectivity index (χ0n) is 7.88. The highest BCUT2D eigenvalue weighted by Gasteiger charge is 2.47. The Balaban J connectivity index is 3.06. The molecule has 72 valence electrons. The molecule has 1 aliphatic rings. The minimum atomic E-state index is -1.09. The minimum absolute atomic E-state index is 0.384. The molecule has 0 saturated carbocycles. The molecule has 5 nitrogen and oxygen atoms in total. The summed E-state index contributed by atoms with van der Waals surface area (Å²) in [6, 6.07) is -0.652. The molecule has 1 aliphatic heterocycles. The number of hydrogen-bond acceptors (Lipinski definition) is 3. The van der Waals surface area contributed by atoms with Gasteiger partial charge in [0.25, 0.3) is 0 Å². The van der Waals surface area contributed by atoms with Crippen LogP contribution in [0, 0.1) is 5.41 Å². The Kier molecular flexibility index (Phi) is 2.11. The van der Waals surface area contributed by atoms with Crippen LogP contribution >= 0.6 is 0 Å².